The molecule has 6 nitrogen and oxygen atoms in total. The summed E-state index contributed by atoms with van der Waals surface area (Å²) in [5.41, 5.74) is 1.68. The van der Waals surface area contributed by atoms with E-state index in [1.165, 1.54) is 11.8 Å². The van der Waals surface area contributed by atoms with Crippen LogP contribution >= 0.6 is 35.0 Å². The Hall–Kier alpha value is -2.35. The molecule has 4 aromatic rings. The number of hydrogen-bond donors (Lipinski definition) is 0. The van der Waals surface area contributed by atoms with Gasteiger partial charge in [0.15, 0.2) is 16.8 Å². The maximum absolute atomic E-state index is 6.42. The lowest BCUT2D eigenvalue weighted by atomic mass is 10.2. The molecule has 0 saturated heterocycles. The fraction of sp³-hybridized carbons (Fsp3) is 0.158. The summed E-state index contributed by atoms with van der Waals surface area (Å²) in [6.45, 7) is 1.97. The first kappa shape index (κ1) is 19.0. The fourth-order valence-corrected chi connectivity index (χ4v) is 3.93. The third-order valence-electron chi connectivity index (χ3n) is 3.96. The quantitative estimate of drug-likeness (QED) is 0.376. The third kappa shape index (κ3) is 3.92. The van der Waals surface area contributed by atoms with Gasteiger partial charge in [-0.05, 0) is 30.3 Å². The number of aromatic nitrogens is 5. The minimum atomic E-state index is 0.513. The average Bonchev–Trinajstić information content (AvgIpc) is 3.34. The summed E-state index contributed by atoms with van der Waals surface area (Å²) in [6.07, 6.45) is 0.705. The topological polar surface area (TPSA) is 69.6 Å². The maximum Gasteiger partial charge on any atom is 0.226 e. The Kier molecular flexibility index (Phi) is 5.66. The van der Waals surface area contributed by atoms with Gasteiger partial charge in [-0.1, -0.05) is 65.2 Å². The van der Waals surface area contributed by atoms with E-state index in [4.69, 9.17) is 27.7 Å². The zero-order chi connectivity index (χ0) is 19.5. The van der Waals surface area contributed by atoms with Crippen molar-refractivity contribution in [3.8, 4) is 17.1 Å². The van der Waals surface area contributed by atoms with Crippen LogP contribution < -0.4 is 0 Å². The van der Waals surface area contributed by atoms with Crippen LogP contribution in [0.1, 0.15) is 18.6 Å². The molecule has 0 aliphatic carbocycles. The first-order valence-electron chi connectivity index (χ1n) is 8.56. The molecule has 142 valence electrons. The highest BCUT2D eigenvalue weighted by Gasteiger charge is 2.19. The van der Waals surface area contributed by atoms with Crippen molar-refractivity contribution >= 4 is 35.0 Å². The van der Waals surface area contributed by atoms with Gasteiger partial charge in [0, 0.05) is 22.7 Å². The molecule has 0 spiro atoms. The third-order valence-corrected chi connectivity index (χ3v) is 5.44. The van der Waals surface area contributed by atoms with E-state index in [2.05, 4.69) is 20.3 Å². The minimum absolute atomic E-state index is 0.513. The summed E-state index contributed by atoms with van der Waals surface area (Å²) in [5, 5.41) is 14.5. The van der Waals surface area contributed by atoms with Crippen LogP contribution in [0.4, 0.5) is 0 Å². The summed E-state index contributed by atoms with van der Waals surface area (Å²) >= 11 is 13.9. The van der Waals surface area contributed by atoms with Crippen LogP contribution in [0.5, 0.6) is 0 Å². The second-order valence-electron chi connectivity index (χ2n) is 5.85. The second kappa shape index (κ2) is 8.34. The first-order valence-corrected chi connectivity index (χ1v) is 10.3. The molecule has 0 radical (unpaired) electrons. The highest BCUT2D eigenvalue weighted by Crippen LogP contribution is 2.34. The van der Waals surface area contributed by atoms with Crippen molar-refractivity contribution in [1.82, 2.24) is 24.9 Å². The van der Waals surface area contributed by atoms with E-state index in [0.29, 0.717) is 44.9 Å². The Morgan fingerprint density at radius 2 is 1.89 bits per heavy atom. The number of benzene rings is 2. The molecule has 0 atom stereocenters. The van der Waals surface area contributed by atoms with E-state index < -0.39 is 0 Å². The molecule has 0 amide bonds. The molecular weight excluding hydrogens is 417 g/mol. The lowest BCUT2D eigenvalue weighted by Gasteiger charge is -2.11. The molecule has 9 heteroatoms. The van der Waals surface area contributed by atoms with Crippen molar-refractivity contribution in [2.75, 3.05) is 0 Å². The van der Waals surface area contributed by atoms with Crippen molar-refractivity contribution < 1.29 is 4.52 Å². The van der Waals surface area contributed by atoms with E-state index in [1.54, 1.807) is 12.1 Å². The highest BCUT2D eigenvalue weighted by molar-refractivity contribution is 7.98. The number of thioether (sulfide) groups is 1. The largest absolute Gasteiger partial charge is 0.339 e. The first-order chi connectivity index (χ1) is 13.7. The Balaban J connectivity index is 1.73. The van der Waals surface area contributed by atoms with Crippen LogP contribution in [-0.2, 0) is 12.2 Å². The number of hydrogen-bond acceptors (Lipinski definition) is 6. The molecule has 0 unspecified atom stereocenters. The molecule has 0 bridgehead atoms. The SMILES string of the molecule is CCc1nc(CSc2nnc(-c3ccc(Cl)cc3Cl)n2-c2ccccc2)no1. The average molecular weight is 432 g/mol. The number of para-hydroxylation sites is 1. The summed E-state index contributed by atoms with van der Waals surface area (Å²) in [5.74, 6) is 2.39. The highest BCUT2D eigenvalue weighted by atomic mass is 35.5. The van der Waals surface area contributed by atoms with Crippen molar-refractivity contribution in [2.24, 2.45) is 0 Å². The van der Waals surface area contributed by atoms with Crippen molar-refractivity contribution in [3.63, 3.8) is 0 Å². The molecule has 2 aromatic heterocycles. The fourth-order valence-electron chi connectivity index (χ4n) is 2.64. The van der Waals surface area contributed by atoms with Gasteiger partial charge in [-0.25, -0.2) is 0 Å². The number of halogens is 2. The normalized spacial score (nSPS) is 11.1. The predicted octanol–water partition coefficient (Wildman–Crippen LogP) is 5.48. The number of aryl methyl sites for hydroxylation is 1. The molecule has 2 heterocycles. The molecule has 0 aliphatic rings. The smallest absolute Gasteiger partial charge is 0.226 e. The molecule has 0 fully saturated rings. The second-order valence-corrected chi connectivity index (χ2v) is 7.63. The Morgan fingerprint density at radius 1 is 1.07 bits per heavy atom. The van der Waals surface area contributed by atoms with E-state index in [1.807, 2.05) is 47.9 Å². The zero-order valence-corrected chi connectivity index (χ0v) is 17.2. The van der Waals surface area contributed by atoms with Gasteiger partial charge in [0.2, 0.25) is 5.89 Å². The zero-order valence-electron chi connectivity index (χ0n) is 14.8. The van der Waals surface area contributed by atoms with Gasteiger partial charge in [-0.15, -0.1) is 10.2 Å². The summed E-state index contributed by atoms with van der Waals surface area (Å²) in [4.78, 5) is 4.34. The van der Waals surface area contributed by atoms with Crippen LogP contribution in [0.3, 0.4) is 0 Å². The van der Waals surface area contributed by atoms with Gasteiger partial charge >= 0.3 is 0 Å². The van der Waals surface area contributed by atoms with Gasteiger partial charge in [-0.3, -0.25) is 4.57 Å². The monoisotopic (exact) mass is 431 g/mol. The molecule has 0 N–H and O–H groups in total. The standard InChI is InChI=1S/C19H15Cl2N5OS/c1-2-17-22-16(25-27-17)11-28-19-24-23-18(14-9-8-12(20)10-15(14)21)26(19)13-6-4-3-5-7-13/h3-10H,2,11H2,1H3. The Bertz CT molecular complexity index is 1100. The number of rotatable bonds is 6. The molecule has 28 heavy (non-hydrogen) atoms. The Labute approximate surface area is 175 Å². The Morgan fingerprint density at radius 3 is 2.61 bits per heavy atom. The molecule has 4 rings (SSSR count). The van der Waals surface area contributed by atoms with Gasteiger partial charge in [-0.2, -0.15) is 4.98 Å². The van der Waals surface area contributed by atoms with Crippen LogP contribution in [0.2, 0.25) is 10.0 Å². The van der Waals surface area contributed by atoms with Gasteiger partial charge in [0.1, 0.15) is 0 Å². The summed E-state index contributed by atoms with van der Waals surface area (Å²) in [7, 11) is 0. The summed E-state index contributed by atoms with van der Waals surface area (Å²) in [6, 6.07) is 15.2. The van der Waals surface area contributed by atoms with Crippen LogP contribution in [0.15, 0.2) is 58.2 Å². The van der Waals surface area contributed by atoms with Gasteiger partial charge < -0.3 is 4.52 Å². The predicted molar refractivity (Wildman–Crippen MR) is 110 cm³/mol. The van der Waals surface area contributed by atoms with E-state index >= 15 is 0 Å². The minimum Gasteiger partial charge on any atom is -0.339 e. The van der Waals surface area contributed by atoms with E-state index in [0.717, 1.165) is 11.3 Å². The van der Waals surface area contributed by atoms with Crippen molar-refractivity contribution in [3.05, 3.63) is 70.3 Å². The van der Waals surface area contributed by atoms with Crippen LogP contribution in [0, 0.1) is 0 Å². The van der Waals surface area contributed by atoms with E-state index in [-0.39, 0.29) is 0 Å². The lowest BCUT2D eigenvalue weighted by Crippen LogP contribution is -2.00. The van der Waals surface area contributed by atoms with Gasteiger partial charge in [0.25, 0.3) is 0 Å². The van der Waals surface area contributed by atoms with Crippen LogP contribution in [0.25, 0.3) is 17.1 Å². The molecular formula is C19H15Cl2N5OS. The molecule has 2 aromatic carbocycles. The van der Waals surface area contributed by atoms with Gasteiger partial charge in [0.05, 0.1) is 10.8 Å². The number of nitrogens with zero attached hydrogens (tertiary/aromatic N) is 5. The maximum atomic E-state index is 6.42. The van der Waals surface area contributed by atoms with Crippen molar-refractivity contribution in [1.29, 1.82) is 0 Å². The lowest BCUT2D eigenvalue weighted by molar-refractivity contribution is 0.378. The van der Waals surface area contributed by atoms with E-state index in [9.17, 15) is 0 Å². The molecule has 0 saturated carbocycles. The van der Waals surface area contributed by atoms with Crippen molar-refractivity contribution in [2.45, 2.75) is 24.3 Å². The molecule has 0 aliphatic heterocycles. The van der Waals surface area contributed by atoms with Crippen LogP contribution in [-0.4, -0.2) is 24.9 Å². The summed E-state index contributed by atoms with van der Waals surface area (Å²) < 4.78 is 7.13.